The number of rotatable bonds is 6. The Morgan fingerprint density at radius 3 is 2.46 bits per heavy atom. The molecule has 1 N–H and O–H groups in total. The van der Waals surface area contributed by atoms with E-state index in [2.05, 4.69) is 15.5 Å². The first-order valence-corrected chi connectivity index (χ1v) is 7.72. The molecule has 1 aliphatic rings. The van der Waals surface area contributed by atoms with Crippen molar-refractivity contribution in [2.75, 3.05) is 7.11 Å². The van der Waals surface area contributed by atoms with E-state index in [1.807, 2.05) is 6.07 Å². The van der Waals surface area contributed by atoms with E-state index in [4.69, 9.17) is 4.74 Å². The van der Waals surface area contributed by atoms with Crippen molar-refractivity contribution in [3.63, 3.8) is 0 Å². The molecule has 1 heterocycles. The minimum absolute atomic E-state index is 0.371. The number of benzene rings is 1. The summed E-state index contributed by atoms with van der Waals surface area (Å²) in [7, 11) is 1.54. The van der Waals surface area contributed by atoms with Crippen LogP contribution in [0.4, 0.5) is 13.2 Å². The van der Waals surface area contributed by atoms with Crippen LogP contribution in [0.15, 0.2) is 36.4 Å². The number of nitrogens with zero attached hydrogens (tertiary/aromatic N) is 2. The molecular formula is C17H18F3N3O. The first kappa shape index (κ1) is 16.7. The van der Waals surface area contributed by atoms with E-state index >= 15 is 0 Å². The lowest BCUT2D eigenvalue weighted by Crippen LogP contribution is -2.19. The van der Waals surface area contributed by atoms with Crippen molar-refractivity contribution < 1.29 is 17.9 Å². The summed E-state index contributed by atoms with van der Waals surface area (Å²) in [6, 6.07) is 9.40. The number of methoxy groups -OCH3 is 1. The van der Waals surface area contributed by atoms with Gasteiger partial charge < -0.3 is 10.1 Å². The lowest BCUT2D eigenvalue weighted by atomic mass is 10.1. The molecule has 24 heavy (non-hydrogen) atoms. The van der Waals surface area contributed by atoms with E-state index in [1.165, 1.54) is 7.11 Å². The molecule has 2 aromatic rings. The first-order valence-electron chi connectivity index (χ1n) is 7.72. The van der Waals surface area contributed by atoms with Crippen LogP contribution in [0.25, 0.3) is 0 Å². The highest BCUT2D eigenvalue weighted by molar-refractivity contribution is 5.26. The molecule has 0 bridgehead atoms. The minimum atomic E-state index is -4.28. The number of hydrogen-bond donors (Lipinski definition) is 1. The maximum Gasteiger partial charge on any atom is 0.416 e. The zero-order chi connectivity index (χ0) is 17.2. The third-order valence-corrected chi connectivity index (χ3v) is 4.15. The summed E-state index contributed by atoms with van der Waals surface area (Å²) in [4.78, 5) is 0. The summed E-state index contributed by atoms with van der Waals surface area (Å²) in [6.07, 6.45) is -2.48. The van der Waals surface area contributed by atoms with Gasteiger partial charge in [0.1, 0.15) is 0 Å². The van der Waals surface area contributed by atoms with Crippen LogP contribution in [-0.4, -0.2) is 23.3 Å². The topological polar surface area (TPSA) is 47.0 Å². The summed E-state index contributed by atoms with van der Waals surface area (Å²) >= 11 is 0. The van der Waals surface area contributed by atoms with E-state index in [-0.39, 0.29) is 0 Å². The zero-order valence-electron chi connectivity index (χ0n) is 13.2. The summed E-state index contributed by atoms with van der Waals surface area (Å²) < 4.78 is 42.6. The summed E-state index contributed by atoms with van der Waals surface area (Å²) in [5, 5.41) is 11.3. The predicted molar refractivity (Wildman–Crippen MR) is 82.5 cm³/mol. The fourth-order valence-corrected chi connectivity index (χ4v) is 2.64. The number of ether oxygens (including phenoxy) is 1. The van der Waals surface area contributed by atoms with Crippen molar-refractivity contribution in [2.45, 2.75) is 31.6 Å². The lowest BCUT2D eigenvalue weighted by molar-refractivity contribution is -0.137. The van der Waals surface area contributed by atoms with Gasteiger partial charge in [0, 0.05) is 18.7 Å². The van der Waals surface area contributed by atoms with Crippen LogP contribution in [0.5, 0.6) is 5.88 Å². The Morgan fingerprint density at radius 2 is 1.88 bits per heavy atom. The average molecular weight is 337 g/mol. The molecule has 7 heteroatoms. The molecule has 1 aliphatic carbocycles. The fraction of sp³-hybridized carbons (Fsp3) is 0.412. The Kier molecular flexibility index (Phi) is 4.71. The minimum Gasteiger partial charge on any atom is -0.480 e. The Hall–Kier alpha value is -2.15. The summed E-state index contributed by atoms with van der Waals surface area (Å²) in [5.41, 5.74) is 1.16. The number of aromatic nitrogens is 2. The summed E-state index contributed by atoms with van der Waals surface area (Å²) in [5.74, 6) is 0.929. The van der Waals surface area contributed by atoms with Gasteiger partial charge in [-0.15, -0.1) is 5.10 Å². The molecule has 4 nitrogen and oxygen atoms in total. The molecule has 128 valence electrons. The molecule has 1 fully saturated rings. The lowest BCUT2D eigenvalue weighted by Gasteiger charge is -2.08. The highest BCUT2D eigenvalue weighted by atomic mass is 19.4. The van der Waals surface area contributed by atoms with Crippen molar-refractivity contribution in [3.05, 3.63) is 53.2 Å². The predicted octanol–water partition coefficient (Wildman–Crippen LogP) is 3.22. The number of hydrogen-bond acceptors (Lipinski definition) is 4. The van der Waals surface area contributed by atoms with E-state index in [9.17, 15) is 13.2 Å². The van der Waals surface area contributed by atoms with Crippen LogP contribution in [0, 0.1) is 5.92 Å². The average Bonchev–Trinajstić information content (AvgIpc) is 3.31. The molecule has 1 aromatic carbocycles. The summed E-state index contributed by atoms with van der Waals surface area (Å²) in [6.45, 7) is 0.616. The second-order valence-electron chi connectivity index (χ2n) is 5.95. The largest absolute Gasteiger partial charge is 0.480 e. The number of nitrogens with one attached hydrogen (secondary N) is 1. The molecule has 0 aliphatic heterocycles. The van der Waals surface area contributed by atoms with Crippen molar-refractivity contribution in [1.29, 1.82) is 0 Å². The van der Waals surface area contributed by atoms with Crippen LogP contribution in [-0.2, 0) is 19.1 Å². The van der Waals surface area contributed by atoms with Crippen molar-refractivity contribution >= 4 is 0 Å². The van der Waals surface area contributed by atoms with E-state index in [0.29, 0.717) is 24.4 Å². The highest BCUT2D eigenvalue weighted by Gasteiger charge is 2.36. The van der Waals surface area contributed by atoms with Gasteiger partial charge in [-0.05, 0) is 42.5 Å². The molecule has 2 unspecified atom stereocenters. The van der Waals surface area contributed by atoms with E-state index in [1.54, 1.807) is 18.2 Å². The van der Waals surface area contributed by atoms with Crippen LogP contribution in [0.1, 0.15) is 23.2 Å². The molecule has 1 aromatic heterocycles. The second-order valence-corrected chi connectivity index (χ2v) is 5.95. The maximum atomic E-state index is 12.5. The zero-order valence-corrected chi connectivity index (χ0v) is 13.2. The molecule has 0 radical (unpaired) electrons. The van der Waals surface area contributed by atoms with Gasteiger partial charge in [0.2, 0.25) is 5.88 Å². The van der Waals surface area contributed by atoms with E-state index < -0.39 is 11.7 Å². The fourth-order valence-electron chi connectivity index (χ4n) is 2.64. The van der Waals surface area contributed by atoms with Crippen LogP contribution >= 0.6 is 0 Å². The smallest absolute Gasteiger partial charge is 0.416 e. The maximum absolute atomic E-state index is 12.5. The molecule has 0 saturated heterocycles. The van der Waals surface area contributed by atoms with Gasteiger partial charge in [0.25, 0.3) is 0 Å². The Morgan fingerprint density at radius 1 is 1.12 bits per heavy atom. The van der Waals surface area contributed by atoms with Crippen LogP contribution < -0.4 is 10.1 Å². The molecule has 3 rings (SSSR count). The normalized spacial score (nSPS) is 20.0. The Labute approximate surface area is 138 Å². The SMILES string of the molecule is COc1ccc(CNC2CC2Cc2ccc(C(F)(F)F)cc2)nn1. The van der Waals surface area contributed by atoms with Crippen molar-refractivity contribution in [2.24, 2.45) is 5.92 Å². The first-order chi connectivity index (χ1) is 11.5. The van der Waals surface area contributed by atoms with Gasteiger partial charge in [-0.3, -0.25) is 0 Å². The number of alkyl halides is 3. The third kappa shape index (κ3) is 4.23. The molecule has 0 spiro atoms. The van der Waals surface area contributed by atoms with Gasteiger partial charge in [-0.25, -0.2) is 0 Å². The Balaban J connectivity index is 1.45. The van der Waals surface area contributed by atoms with Gasteiger partial charge in [0.15, 0.2) is 0 Å². The molecular weight excluding hydrogens is 319 g/mol. The monoisotopic (exact) mass is 337 g/mol. The quantitative estimate of drug-likeness (QED) is 0.879. The Bertz CT molecular complexity index is 671. The van der Waals surface area contributed by atoms with Crippen molar-refractivity contribution in [3.8, 4) is 5.88 Å². The molecule has 2 atom stereocenters. The van der Waals surface area contributed by atoms with Gasteiger partial charge >= 0.3 is 6.18 Å². The molecule has 0 amide bonds. The van der Waals surface area contributed by atoms with Crippen LogP contribution in [0.3, 0.4) is 0 Å². The van der Waals surface area contributed by atoms with Gasteiger partial charge in [0.05, 0.1) is 18.4 Å². The highest BCUT2D eigenvalue weighted by Crippen LogP contribution is 2.35. The van der Waals surface area contributed by atoms with E-state index in [0.717, 1.165) is 36.2 Å². The van der Waals surface area contributed by atoms with Crippen molar-refractivity contribution in [1.82, 2.24) is 15.5 Å². The standard InChI is InChI=1S/C17H18F3N3O/c1-24-16-7-6-14(22-23-16)10-21-15-9-12(15)8-11-2-4-13(5-3-11)17(18,19)20/h2-7,12,15,21H,8-10H2,1H3. The van der Waals surface area contributed by atoms with Crippen LogP contribution in [0.2, 0.25) is 0 Å². The second kappa shape index (κ2) is 6.76. The third-order valence-electron chi connectivity index (χ3n) is 4.15. The van der Waals surface area contributed by atoms with Gasteiger partial charge in [-0.2, -0.15) is 18.3 Å². The molecule has 1 saturated carbocycles. The number of halogens is 3. The van der Waals surface area contributed by atoms with Gasteiger partial charge in [-0.1, -0.05) is 12.1 Å².